The smallest absolute Gasteiger partial charge is 0.421 e. The number of aromatic nitrogens is 1. The summed E-state index contributed by atoms with van der Waals surface area (Å²) in [5.41, 5.74) is -0.00744. The van der Waals surface area contributed by atoms with Crippen LogP contribution in [0.25, 0.3) is 10.9 Å². The summed E-state index contributed by atoms with van der Waals surface area (Å²) in [6.07, 6.45) is -0.872. The molecule has 0 fully saturated rings. The Morgan fingerprint density at radius 3 is 2.35 bits per heavy atom. The van der Waals surface area contributed by atoms with Gasteiger partial charge in [0.2, 0.25) is 0 Å². The van der Waals surface area contributed by atoms with Gasteiger partial charge in [-0.1, -0.05) is 42.5 Å². The van der Waals surface area contributed by atoms with Crippen LogP contribution < -0.4 is 15.7 Å². The lowest BCUT2D eigenvalue weighted by atomic mass is 10.2. The highest BCUT2D eigenvalue weighted by Gasteiger charge is 2.19. The zero-order valence-electron chi connectivity index (χ0n) is 14.4. The highest BCUT2D eigenvalue weighted by molar-refractivity contribution is 5.88. The summed E-state index contributed by atoms with van der Waals surface area (Å²) in [6.45, 7) is 1.50. The van der Waals surface area contributed by atoms with Gasteiger partial charge in [0.1, 0.15) is 6.61 Å². The average molecular weight is 351 g/mol. The molecule has 0 saturated carbocycles. The van der Waals surface area contributed by atoms with Crippen LogP contribution >= 0.6 is 0 Å². The van der Waals surface area contributed by atoms with Gasteiger partial charge < -0.3 is 9.47 Å². The lowest BCUT2D eigenvalue weighted by Gasteiger charge is -2.08. The number of nitrogens with zero attached hydrogens (tertiary/aromatic N) is 1. The number of para-hydroxylation sites is 1. The number of carbonyl (C=O) groups excluding carboxylic acids is 1. The van der Waals surface area contributed by atoms with E-state index < -0.39 is 11.7 Å². The fourth-order valence-electron chi connectivity index (χ4n) is 2.74. The van der Waals surface area contributed by atoms with Gasteiger partial charge in [-0.15, -0.1) is 0 Å². The Balaban J connectivity index is 2.19. The molecule has 132 valence electrons. The van der Waals surface area contributed by atoms with Crippen molar-refractivity contribution < 1.29 is 14.3 Å². The predicted molar refractivity (Wildman–Crippen MR) is 97.8 cm³/mol. The van der Waals surface area contributed by atoms with Gasteiger partial charge in [0.15, 0.2) is 11.2 Å². The molecule has 6 heteroatoms. The van der Waals surface area contributed by atoms with Crippen molar-refractivity contribution in [3.63, 3.8) is 0 Å². The van der Waals surface area contributed by atoms with Crippen LogP contribution in [0.1, 0.15) is 11.1 Å². The first kappa shape index (κ1) is 17.4. The third-order valence-electron chi connectivity index (χ3n) is 4.06. The molecule has 1 heterocycles. The number of carbonyl (C=O) groups is 1. The summed E-state index contributed by atoms with van der Waals surface area (Å²) < 4.78 is 11.2. The van der Waals surface area contributed by atoms with E-state index >= 15 is 0 Å². The summed E-state index contributed by atoms with van der Waals surface area (Å²) in [5, 5.41) is 0.238. The maximum Gasteiger partial charge on any atom is 0.421 e. The molecule has 0 saturated heterocycles. The second-order valence-corrected chi connectivity index (χ2v) is 5.69. The van der Waals surface area contributed by atoms with E-state index in [4.69, 9.17) is 9.47 Å². The molecule has 1 aromatic heterocycles. The van der Waals surface area contributed by atoms with Gasteiger partial charge in [-0.05, 0) is 24.6 Å². The molecule has 3 aromatic rings. The molecule has 0 spiro atoms. The molecule has 0 aliphatic carbocycles. The van der Waals surface area contributed by atoms with Gasteiger partial charge in [0.25, 0.3) is 0 Å². The minimum atomic E-state index is -0.872. The minimum absolute atomic E-state index is 0.00454. The number of rotatable bonds is 3. The number of hydrogen-bond acceptors (Lipinski definition) is 5. The normalized spacial score (nSPS) is 10.5. The fourth-order valence-corrected chi connectivity index (χ4v) is 2.74. The van der Waals surface area contributed by atoms with E-state index in [1.165, 1.54) is 20.1 Å². The van der Waals surface area contributed by atoms with Crippen LogP contribution in [0.4, 0.5) is 4.79 Å². The first-order chi connectivity index (χ1) is 12.5. The van der Waals surface area contributed by atoms with Crippen LogP contribution in [0.15, 0.2) is 64.2 Å². The van der Waals surface area contributed by atoms with E-state index in [2.05, 4.69) is 0 Å². The lowest BCUT2D eigenvalue weighted by molar-refractivity contribution is 0.141. The Morgan fingerprint density at radius 1 is 1.00 bits per heavy atom. The van der Waals surface area contributed by atoms with E-state index in [1.54, 1.807) is 30.3 Å². The average Bonchev–Trinajstić information content (AvgIpc) is 2.74. The zero-order valence-corrected chi connectivity index (χ0v) is 14.4. The van der Waals surface area contributed by atoms with Gasteiger partial charge in [-0.3, -0.25) is 9.59 Å². The maximum absolute atomic E-state index is 12.8. The van der Waals surface area contributed by atoms with Crippen molar-refractivity contribution >= 4 is 17.0 Å². The minimum Gasteiger partial charge on any atom is -0.491 e. The van der Waals surface area contributed by atoms with Gasteiger partial charge in [-0.25, -0.2) is 9.36 Å². The molecule has 6 nitrogen and oxygen atoms in total. The highest BCUT2D eigenvalue weighted by Crippen LogP contribution is 2.14. The van der Waals surface area contributed by atoms with Crippen molar-refractivity contribution in [2.75, 3.05) is 7.11 Å². The van der Waals surface area contributed by atoms with Crippen molar-refractivity contribution in [1.82, 2.24) is 4.57 Å². The van der Waals surface area contributed by atoms with Crippen LogP contribution in [-0.4, -0.2) is 17.8 Å². The van der Waals surface area contributed by atoms with Crippen molar-refractivity contribution in [2.45, 2.75) is 13.5 Å². The lowest BCUT2D eigenvalue weighted by Crippen LogP contribution is -2.27. The van der Waals surface area contributed by atoms with Crippen molar-refractivity contribution in [3.05, 3.63) is 86.3 Å². The monoisotopic (exact) mass is 351 g/mol. The predicted octanol–water partition coefficient (Wildman–Crippen LogP) is 2.86. The maximum atomic E-state index is 12.8. The molecule has 2 aromatic carbocycles. The summed E-state index contributed by atoms with van der Waals surface area (Å²) in [6, 6.07) is 15.5. The quantitative estimate of drug-likeness (QED) is 0.725. The number of ether oxygens (including phenoxy) is 2. The highest BCUT2D eigenvalue weighted by atomic mass is 16.6. The van der Waals surface area contributed by atoms with Gasteiger partial charge in [-0.2, -0.15) is 0 Å². The second kappa shape index (κ2) is 7.23. The van der Waals surface area contributed by atoms with E-state index in [-0.39, 0.29) is 34.3 Å². The molecule has 0 atom stereocenters. The van der Waals surface area contributed by atoms with Gasteiger partial charge >= 0.3 is 11.7 Å². The molecule has 3 rings (SSSR count). The zero-order chi connectivity index (χ0) is 18.7. The summed E-state index contributed by atoms with van der Waals surface area (Å²) in [5.74, 6) is -0.178. The number of benzene rings is 2. The Morgan fingerprint density at radius 2 is 1.65 bits per heavy atom. The molecule has 0 amide bonds. The SMILES string of the molecule is COc1c(C)c(=O)c2ccccc2n(C(=O)OCc2ccccc2)c1=O. The van der Waals surface area contributed by atoms with E-state index in [0.29, 0.717) is 0 Å². The number of methoxy groups -OCH3 is 1. The Bertz CT molecular complexity index is 1090. The third-order valence-corrected chi connectivity index (χ3v) is 4.06. The molecular weight excluding hydrogens is 334 g/mol. The van der Waals surface area contributed by atoms with Gasteiger partial charge in [0.05, 0.1) is 12.6 Å². The summed E-state index contributed by atoms with van der Waals surface area (Å²) >= 11 is 0. The number of fused-ring (bicyclic) bond motifs is 1. The van der Waals surface area contributed by atoms with E-state index in [0.717, 1.165) is 10.1 Å². The molecule has 0 bridgehead atoms. The molecule has 0 radical (unpaired) electrons. The molecule has 0 unspecified atom stereocenters. The van der Waals surface area contributed by atoms with Crippen molar-refractivity contribution in [1.29, 1.82) is 0 Å². The Kier molecular flexibility index (Phi) is 4.84. The third kappa shape index (κ3) is 3.09. The Labute approximate surface area is 149 Å². The fraction of sp³-hybridized carbons (Fsp3) is 0.150. The van der Waals surface area contributed by atoms with Crippen molar-refractivity contribution in [2.24, 2.45) is 0 Å². The van der Waals surface area contributed by atoms with Crippen LogP contribution in [0.2, 0.25) is 0 Å². The van der Waals surface area contributed by atoms with Crippen LogP contribution in [-0.2, 0) is 11.3 Å². The van der Waals surface area contributed by atoms with Crippen molar-refractivity contribution in [3.8, 4) is 5.75 Å². The topological polar surface area (TPSA) is 74.6 Å². The van der Waals surface area contributed by atoms with E-state index in [9.17, 15) is 14.4 Å². The first-order valence-electron chi connectivity index (χ1n) is 7.98. The van der Waals surface area contributed by atoms with Gasteiger partial charge in [0, 0.05) is 10.9 Å². The van der Waals surface area contributed by atoms with Crippen LogP contribution in [0.3, 0.4) is 0 Å². The molecular formula is C20H17NO5. The van der Waals surface area contributed by atoms with Crippen LogP contribution in [0, 0.1) is 6.92 Å². The summed E-state index contributed by atoms with van der Waals surface area (Å²) in [4.78, 5) is 38.1. The summed E-state index contributed by atoms with van der Waals surface area (Å²) in [7, 11) is 1.29. The molecule has 26 heavy (non-hydrogen) atoms. The molecule has 0 aliphatic heterocycles. The largest absolute Gasteiger partial charge is 0.491 e. The molecule has 0 aliphatic rings. The van der Waals surface area contributed by atoms with Crippen LogP contribution in [0.5, 0.6) is 5.75 Å². The molecule has 0 N–H and O–H groups in total. The Hall–Kier alpha value is -3.41. The standard InChI is InChI=1S/C20H17NO5/c1-13-17(22)15-10-6-7-11-16(15)21(19(23)18(13)25-2)20(24)26-12-14-8-4-3-5-9-14/h3-11H,12H2,1-2H3. The van der Waals surface area contributed by atoms with E-state index in [1.807, 2.05) is 18.2 Å². The number of hydrogen-bond donors (Lipinski definition) is 0. The first-order valence-corrected chi connectivity index (χ1v) is 7.98. The second-order valence-electron chi connectivity index (χ2n) is 5.69.